The highest BCUT2D eigenvalue weighted by Crippen LogP contribution is 2.21. The molecular formula is C22H29N3O3. The molecule has 3 rings (SSSR count). The van der Waals surface area contributed by atoms with Gasteiger partial charge in [-0.25, -0.2) is 0 Å². The first-order chi connectivity index (χ1) is 13.7. The number of anilines is 2. The van der Waals surface area contributed by atoms with Crippen molar-refractivity contribution in [2.75, 3.05) is 56.7 Å². The molecule has 150 valence electrons. The highest BCUT2D eigenvalue weighted by molar-refractivity contribution is 5.92. The third-order valence-electron chi connectivity index (χ3n) is 4.84. The van der Waals surface area contributed by atoms with Crippen molar-refractivity contribution < 1.29 is 14.3 Å². The molecule has 0 aliphatic carbocycles. The zero-order valence-corrected chi connectivity index (χ0v) is 16.7. The van der Waals surface area contributed by atoms with Crippen LogP contribution in [0.5, 0.6) is 11.5 Å². The van der Waals surface area contributed by atoms with E-state index in [9.17, 15) is 4.79 Å². The molecule has 1 amide bonds. The Balaban J connectivity index is 1.48. The molecule has 0 aromatic heterocycles. The summed E-state index contributed by atoms with van der Waals surface area (Å²) < 4.78 is 10.7. The molecule has 1 heterocycles. The Bertz CT molecular complexity index is 747. The first-order valence-corrected chi connectivity index (χ1v) is 9.82. The number of carbonyl (C=O) groups excluding carboxylic acids is 1. The van der Waals surface area contributed by atoms with E-state index in [1.165, 1.54) is 5.69 Å². The Labute approximate surface area is 167 Å². The third-order valence-corrected chi connectivity index (χ3v) is 4.84. The van der Waals surface area contributed by atoms with Gasteiger partial charge in [-0.15, -0.1) is 0 Å². The van der Waals surface area contributed by atoms with E-state index in [-0.39, 0.29) is 5.91 Å². The van der Waals surface area contributed by atoms with Gasteiger partial charge in [0.1, 0.15) is 11.5 Å². The van der Waals surface area contributed by atoms with Crippen molar-refractivity contribution >= 4 is 17.3 Å². The van der Waals surface area contributed by atoms with Crippen LogP contribution in [0.4, 0.5) is 11.4 Å². The molecule has 0 saturated carbocycles. The summed E-state index contributed by atoms with van der Waals surface area (Å²) in [4.78, 5) is 17.0. The fourth-order valence-electron chi connectivity index (χ4n) is 3.39. The van der Waals surface area contributed by atoms with Crippen molar-refractivity contribution in [3.63, 3.8) is 0 Å². The number of carbonyl (C=O) groups is 1. The number of hydrogen-bond donors (Lipinski definition) is 1. The van der Waals surface area contributed by atoms with Crippen LogP contribution in [0, 0.1) is 0 Å². The molecule has 1 aliphatic rings. The molecular weight excluding hydrogens is 354 g/mol. The summed E-state index contributed by atoms with van der Waals surface area (Å²) in [6.07, 6.45) is 1.03. The van der Waals surface area contributed by atoms with Crippen LogP contribution in [-0.4, -0.2) is 57.2 Å². The largest absolute Gasteiger partial charge is 0.497 e. The highest BCUT2D eigenvalue weighted by Gasteiger charge is 2.17. The van der Waals surface area contributed by atoms with E-state index in [0.717, 1.165) is 49.8 Å². The second-order valence-corrected chi connectivity index (χ2v) is 6.82. The minimum Gasteiger partial charge on any atom is -0.497 e. The molecule has 28 heavy (non-hydrogen) atoms. The molecule has 0 unspecified atom stereocenters. The summed E-state index contributed by atoms with van der Waals surface area (Å²) in [5.41, 5.74) is 1.99. The van der Waals surface area contributed by atoms with Crippen molar-refractivity contribution in [1.82, 2.24) is 4.90 Å². The predicted molar refractivity (Wildman–Crippen MR) is 113 cm³/mol. The van der Waals surface area contributed by atoms with Gasteiger partial charge in [0.2, 0.25) is 5.91 Å². The van der Waals surface area contributed by atoms with Crippen molar-refractivity contribution in [1.29, 1.82) is 0 Å². The smallest absolute Gasteiger partial charge is 0.238 e. The summed E-state index contributed by atoms with van der Waals surface area (Å²) >= 11 is 0. The Morgan fingerprint density at radius 2 is 1.68 bits per heavy atom. The van der Waals surface area contributed by atoms with Crippen LogP contribution in [0.2, 0.25) is 0 Å². The number of nitrogens with one attached hydrogen (secondary N) is 1. The van der Waals surface area contributed by atoms with Crippen LogP contribution in [-0.2, 0) is 4.79 Å². The van der Waals surface area contributed by atoms with Gasteiger partial charge in [-0.2, -0.15) is 0 Å². The lowest BCUT2D eigenvalue weighted by Gasteiger charge is -2.23. The average molecular weight is 383 g/mol. The molecule has 2 aromatic carbocycles. The summed E-state index contributed by atoms with van der Waals surface area (Å²) in [5.74, 6) is 1.69. The first-order valence-electron chi connectivity index (χ1n) is 9.82. The molecule has 6 nitrogen and oxygen atoms in total. The number of ether oxygens (including phenoxy) is 2. The van der Waals surface area contributed by atoms with Gasteiger partial charge < -0.3 is 19.7 Å². The SMILES string of the molecule is CCOc1ccc(NC(=O)CN2CCCN(c3ccc(OC)cc3)CC2)cc1. The molecule has 1 aliphatic heterocycles. The lowest BCUT2D eigenvalue weighted by molar-refractivity contribution is -0.117. The van der Waals surface area contributed by atoms with E-state index in [1.54, 1.807) is 7.11 Å². The van der Waals surface area contributed by atoms with Crippen LogP contribution in [0.3, 0.4) is 0 Å². The average Bonchev–Trinajstić information content (AvgIpc) is 2.95. The van der Waals surface area contributed by atoms with Gasteiger partial charge in [-0.05, 0) is 61.9 Å². The maximum Gasteiger partial charge on any atom is 0.238 e. The molecule has 6 heteroatoms. The molecule has 1 saturated heterocycles. The lowest BCUT2D eigenvalue weighted by Crippen LogP contribution is -2.36. The van der Waals surface area contributed by atoms with Gasteiger partial charge in [-0.3, -0.25) is 9.69 Å². The normalized spacial score (nSPS) is 15.0. The third kappa shape index (κ3) is 5.63. The Kier molecular flexibility index (Phi) is 7.14. The molecule has 0 spiro atoms. The van der Waals surface area contributed by atoms with Crippen molar-refractivity contribution in [3.05, 3.63) is 48.5 Å². The zero-order valence-electron chi connectivity index (χ0n) is 16.7. The van der Waals surface area contributed by atoms with Crippen LogP contribution in [0.1, 0.15) is 13.3 Å². The highest BCUT2D eigenvalue weighted by atomic mass is 16.5. The van der Waals surface area contributed by atoms with Gasteiger partial charge >= 0.3 is 0 Å². The minimum absolute atomic E-state index is 0.0158. The second-order valence-electron chi connectivity index (χ2n) is 6.82. The van der Waals surface area contributed by atoms with E-state index < -0.39 is 0 Å². The number of benzene rings is 2. The van der Waals surface area contributed by atoms with Crippen molar-refractivity contribution in [2.45, 2.75) is 13.3 Å². The topological polar surface area (TPSA) is 54.0 Å². The summed E-state index contributed by atoms with van der Waals surface area (Å²) in [6.45, 7) is 6.67. The van der Waals surface area contributed by atoms with Crippen LogP contribution < -0.4 is 19.7 Å². The predicted octanol–water partition coefficient (Wildman–Crippen LogP) is 3.24. The van der Waals surface area contributed by atoms with Gasteiger partial charge in [0.05, 0.1) is 20.3 Å². The standard InChI is InChI=1S/C22H29N3O3/c1-3-28-21-9-5-18(6-10-21)23-22(26)17-24-13-4-14-25(16-15-24)19-7-11-20(27-2)12-8-19/h5-12H,3-4,13-17H2,1-2H3,(H,23,26). The summed E-state index contributed by atoms with van der Waals surface area (Å²) in [7, 11) is 1.68. The van der Waals surface area contributed by atoms with Gasteiger partial charge in [0.15, 0.2) is 0 Å². The van der Waals surface area contributed by atoms with E-state index >= 15 is 0 Å². The van der Waals surface area contributed by atoms with Gasteiger partial charge in [0.25, 0.3) is 0 Å². The molecule has 0 radical (unpaired) electrons. The van der Waals surface area contributed by atoms with Crippen LogP contribution in [0.15, 0.2) is 48.5 Å². The molecule has 1 N–H and O–H groups in total. The number of hydrogen-bond acceptors (Lipinski definition) is 5. The number of nitrogens with zero attached hydrogens (tertiary/aromatic N) is 2. The Hall–Kier alpha value is -2.73. The molecule has 0 atom stereocenters. The first kappa shape index (κ1) is 20.0. The van der Waals surface area contributed by atoms with E-state index in [1.807, 2.05) is 43.3 Å². The van der Waals surface area contributed by atoms with Crippen LogP contribution >= 0.6 is 0 Å². The zero-order chi connectivity index (χ0) is 19.8. The van der Waals surface area contributed by atoms with Gasteiger partial charge in [0, 0.05) is 37.6 Å². The van der Waals surface area contributed by atoms with E-state index in [0.29, 0.717) is 13.2 Å². The maximum atomic E-state index is 12.4. The number of rotatable bonds is 7. The van der Waals surface area contributed by atoms with Crippen LogP contribution in [0.25, 0.3) is 0 Å². The summed E-state index contributed by atoms with van der Waals surface area (Å²) in [5, 5.41) is 2.97. The monoisotopic (exact) mass is 383 g/mol. The number of amides is 1. The maximum absolute atomic E-state index is 12.4. The van der Waals surface area contributed by atoms with E-state index in [2.05, 4.69) is 27.2 Å². The van der Waals surface area contributed by atoms with Crippen molar-refractivity contribution in [3.8, 4) is 11.5 Å². The summed E-state index contributed by atoms with van der Waals surface area (Å²) in [6, 6.07) is 15.6. The van der Waals surface area contributed by atoms with E-state index in [4.69, 9.17) is 9.47 Å². The fourth-order valence-corrected chi connectivity index (χ4v) is 3.39. The van der Waals surface area contributed by atoms with Crippen molar-refractivity contribution in [2.24, 2.45) is 0 Å². The number of methoxy groups -OCH3 is 1. The molecule has 1 fully saturated rings. The minimum atomic E-state index is 0.0158. The molecule has 0 bridgehead atoms. The Morgan fingerprint density at radius 1 is 0.964 bits per heavy atom. The lowest BCUT2D eigenvalue weighted by atomic mass is 10.2. The second kappa shape index (κ2) is 9.99. The fraction of sp³-hybridized carbons (Fsp3) is 0.409. The van der Waals surface area contributed by atoms with Gasteiger partial charge in [-0.1, -0.05) is 0 Å². The quantitative estimate of drug-likeness (QED) is 0.795. The molecule has 2 aromatic rings. The Morgan fingerprint density at radius 3 is 2.36 bits per heavy atom.